The molecule has 1 amide bonds. The van der Waals surface area contributed by atoms with Crippen LogP contribution in [0, 0.1) is 0 Å². The van der Waals surface area contributed by atoms with Crippen LogP contribution in [0.1, 0.15) is 26.5 Å². The van der Waals surface area contributed by atoms with E-state index in [0.717, 1.165) is 12.1 Å². The monoisotopic (exact) mass is 237 g/mol. The van der Waals surface area contributed by atoms with Crippen molar-refractivity contribution in [3.05, 3.63) is 30.1 Å². The summed E-state index contributed by atoms with van der Waals surface area (Å²) in [5, 5.41) is 0. The minimum absolute atomic E-state index is 0.474. The molecule has 0 radical (unpaired) electrons. The predicted molar refractivity (Wildman–Crippen MR) is 65.3 cm³/mol. The van der Waals surface area contributed by atoms with E-state index in [4.69, 9.17) is 4.74 Å². The summed E-state index contributed by atoms with van der Waals surface area (Å²) in [6, 6.07) is 5.74. The average Bonchev–Trinajstić information content (AvgIpc) is 2.23. The molecule has 0 saturated heterocycles. The van der Waals surface area contributed by atoms with Crippen molar-refractivity contribution in [1.29, 1.82) is 0 Å². The average molecular weight is 237 g/mol. The van der Waals surface area contributed by atoms with Gasteiger partial charge in [-0.2, -0.15) is 0 Å². The van der Waals surface area contributed by atoms with Crippen LogP contribution < -0.4 is 10.9 Å². The highest BCUT2D eigenvalue weighted by molar-refractivity contribution is 5.66. The van der Waals surface area contributed by atoms with Crippen molar-refractivity contribution in [3.63, 3.8) is 0 Å². The van der Waals surface area contributed by atoms with E-state index in [-0.39, 0.29) is 0 Å². The summed E-state index contributed by atoms with van der Waals surface area (Å²) < 4.78 is 5.06. The third-order valence-corrected chi connectivity index (χ3v) is 1.82. The number of pyridine rings is 1. The number of amides is 1. The Bertz CT molecular complexity index is 347. The molecule has 1 aromatic heterocycles. The quantitative estimate of drug-likeness (QED) is 0.617. The Morgan fingerprint density at radius 3 is 2.76 bits per heavy atom. The molecule has 0 saturated carbocycles. The molecule has 2 N–H and O–H groups in total. The van der Waals surface area contributed by atoms with E-state index in [9.17, 15) is 4.79 Å². The molecule has 5 heteroatoms. The zero-order valence-corrected chi connectivity index (χ0v) is 10.5. The lowest BCUT2D eigenvalue weighted by Gasteiger charge is -2.19. The van der Waals surface area contributed by atoms with Crippen LogP contribution in [0.25, 0.3) is 0 Å². The molecule has 0 fully saturated rings. The topological polar surface area (TPSA) is 63.2 Å². The van der Waals surface area contributed by atoms with E-state index in [1.54, 1.807) is 6.20 Å². The lowest BCUT2D eigenvalue weighted by Crippen LogP contribution is -2.42. The minimum atomic E-state index is -0.479. The molecule has 0 aliphatic heterocycles. The SMILES string of the molecule is CC(C)(C)OC(=O)NNCCc1ccccn1. The molecule has 17 heavy (non-hydrogen) atoms. The van der Waals surface area contributed by atoms with Gasteiger partial charge in [-0.3, -0.25) is 10.4 Å². The Morgan fingerprint density at radius 1 is 1.41 bits per heavy atom. The van der Waals surface area contributed by atoms with Crippen molar-refractivity contribution in [1.82, 2.24) is 15.8 Å². The van der Waals surface area contributed by atoms with Gasteiger partial charge in [-0.15, -0.1) is 0 Å². The predicted octanol–water partition coefficient (Wildman–Crippen LogP) is 1.65. The van der Waals surface area contributed by atoms with Crippen molar-refractivity contribution >= 4 is 6.09 Å². The van der Waals surface area contributed by atoms with Gasteiger partial charge in [0, 0.05) is 24.9 Å². The van der Waals surface area contributed by atoms with Gasteiger partial charge >= 0.3 is 6.09 Å². The van der Waals surface area contributed by atoms with Gasteiger partial charge in [-0.1, -0.05) is 6.07 Å². The largest absolute Gasteiger partial charge is 0.443 e. The van der Waals surface area contributed by atoms with Gasteiger partial charge in [0.25, 0.3) is 0 Å². The maximum atomic E-state index is 11.3. The Balaban J connectivity index is 2.14. The molecule has 5 nitrogen and oxygen atoms in total. The molecule has 1 rings (SSSR count). The fraction of sp³-hybridized carbons (Fsp3) is 0.500. The molecule has 94 valence electrons. The summed E-state index contributed by atoms with van der Waals surface area (Å²) in [5.74, 6) is 0. The zero-order valence-electron chi connectivity index (χ0n) is 10.5. The second-order valence-corrected chi connectivity index (χ2v) is 4.62. The van der Waals surface area contributed by atoms with E-state index < -0.39 is 11.7 Å². The van der Waals surface area contributed by atoms with Gasteiger partial charge in [0.05, 0.1) is 0 Å². The highest BCUT2D eigenvalue weighted by Crippen LogP contribution is 2.05. The van der Waals surface area contributed by atoms with Gasteiger partial charge in [-0.25, -0.2) is 10.2 Å². The van der Waals surface area contributed by atoms with Gasteiger partial charge in [0.2, 0.25) is 0 Å². The summed E-state index contributed by atoms with van der Waals surface area (Å²) in [5.41, 5.74) is 5.76. The first-order valence-corrected chi connectivity index (χ1v) is 5.59. The third-order valence-electron chi connectivity index (χ3n) is 1.82. The first-order valence-electron chi connectivity index (χ1n) is 5.59. The fourth-order valence-corrected chi connectivity index (χ4v) is 1.17. The summed E-state index contributed by atoms with van der Waals surface area (Å²) in [4.78, 5) is 15.4. The third kappa shape index (κ3) is 6.52. The van der Waals surface area contributed by atoms with Gasteiger partial charge in [0.15, 0.2) is 0 Å². The number of ether oxygens (including phenoxy) is 1. The van der Waals surface area contributed by atoms with Crippen LogP contribution in [-0.2, 0) is 11.2 Å². The van der Waals surface area contributed by atoms with Crippen molar-refractivity contribution in [3.8, 4) is 0 Å². The van der Waals surface area contributed by atoms with Crippen molar-refractivity contribution in [2.45, 2.75) is 32.8 Å². The number of rotatable bonds is 4. The van der Waals surface area contributed by atoms with Crippen LogP contribution in [0.15, 0.2) is 24.4 Å². The minimum Gasteiger partial charge on any atom is -0.443 e. The van der Waals surface area contributed by atoms with E-state index in [1.165, 1.54) is 0 Å². The van der Waals surface area contributed by atoms with Gasteiger partial charge < -0.3 is 4.74 Å². The van der Waals surface area contributed by atoms with E-state index in [1.807, 2.05) is 39.0 Å². The number of nitrogens with one attached hydrogen (secondary N) is 2. The number of hydrogen-bond donors (Lipinski definition) is 2. The molecule has 1 heterocycles. The number of carbonyl (C=O) groups is 1. The molecule has 0 aliphatic rings. The summed E-state index contributed by atoms with van der Waals surface area (Å²) >= 11 is 0. The first kappa shape index (κ1) is 13.4. The van der Waals surface area contributed by atoms with Crippen LogP contribution in [0.3, 0.4) is 0 Å². The molecule has 0 spiro atoms. The lowest BCUT2D eigenvalue weighted by atomic mass is 10.2. The maximum absolute atomic E-state index is 11.3. The van der Waals surface area contributed by atoms with Gasteiger partial charge in [0.1, 0.15) is 5.60 Å². The molecular weight excluding hydrogens is 218 g/mol. The summed E-state index contributed by atoms with van der Waals surface area (Å²) in [6.45, 7) is 6.07. The Labute approximate surface area is 102 Å². The first-order chi connectivity index (χ1) is 7.97. The van der Waals surface area contributed by atoms with E-state index in [2.05, 4.69) is 15.8 Å². The molecular formula is C12H19N3O2. The molecule has 0 unspecified atom stereocenters. The summed E-state index contributed by atoms with van der Waals surface area (Å²) in [7, 11) is 0. The fourth-order valence-electron chi connectivity index (χ4n) is 1.17. The highest BCUT2D eigenvalue weighted by atomic mass is 16.6. The lowest BCUT2D eigenvalue weighted by molar-refractivity contribution is 0.0499. The molecule has 1 aromatic rings. The summed E-state index contributed by atoms with van der Waals surface area (Å²) in [6.07, 6.45) is 2.02. The van der Waals surface area contributed by atoms with Crippen LogP contribution >= 0.6 is 0 Å². The Hall–Kier alpha value is -1.62. The van der Waals surface area contributed by atoms with Crippen molar-refractivity contribution < 1.29 is 9.53 Å². The second-order valence-electron chi connectivity index (χ2n) is 4.62. The van der Waals surface area contributed by atoms with Crippen LogP contribution in [-0.4, -0.2) is 23.2 Å². The van der Waals surface area contributed by atoms with Crippen LogP contribution in [0.5, 0.6) is 0 Å². The second kappa shape index (κ2) is 6.20. The van der Waals surface area contributed by atoms with Crippen LogP contribution in [0.4, 0.5) is 4.79 Å². The van der Waals surface area contributed by atoms with Crippen LogP contribution in [0.2, 0.25) is 0 Å². The van der Waals surface area contributed by atoms with Crippen molar-refractivity contribution in [2.75, 3.05) is 6.54 Å². The normalized spacial score (nSPS) is 11.0. The van der Waals surface area contributed by atoms with Crippen molar-refractivity contribution in [2.24, 2.45) is 0 Å². The smallest absolute Gasteiger partial charge is 0.422 e. The number of hydrazine groups is 1. The molecule has 0 aliphatic carbocycles. The van der Waals surface area contributed by atoms with E-state index >= 15 is 0 Å². The highest BCUT2D eigenvalue weighted by Gasteiger charge is 2.15. The number of carbonyl (C=O) groups excluding carboxylic acids is 1. The molecule has 0 bridgehead atoms. The molecule has 0 aromatic carbocycles. The standard InChI is InChI=1S/C12H19N3O2/c1-12(2,3)17-11(16)15-14-9-7-10-6-4-5-8-13-10/h4-6,8,14H,7,9H2,1-3H3,(H,15,16). The maximum Gasteiger partial charge on any atom is 0.422 e. The van der Waals surface area contributed by atoms with E-state index in [0.29, 0.717) is 6.54 Å². The number of hydrogen-bond acceptors (Lipinski definition) is 4. The Kier molecular flexibility index (Phi) is 4.90. The number of aromatic nitrogens is 1. The number of nitrogens with zero attached hydrogens (tertiary/aromatic N) is 1. The zero-order chi connectivity index (χ0) is 12.7. The molecule has 0 atom stereocenters. The van der Waals surface area contributed by atoms with Gasteiger partial charge in [-0.05, 0) is 32.9 Å². The Morgan fingerprint density at radius 2 is 2.18 bits per heavy atom.